The predicted molar refractivity (Wildman–Crippen MR) is 47.8 cm³/mol. The van der Waals surface area contributed by atoms with Crippen LogP contribution in [-0.2, 0) is 4.79 Å². The lowest BCUT2D eigenvalue weighted by atomic mass is 10.1. The second kappa shape index (κ2) is 4.00. The first kappa shape index (κ1) is 10.4. The number of carboxylic acids is 1. The van der Waals surface area contributed by atoms with E-state index in [0.29, 0.717) is 11.1 Å². The Morgan fingerprint density at radius 2 is 1.93 bits per heavy atom. The van der Waals surface area contributed by atoms with Crippen molar-refractivity contribution < 1.29 is 18.7 Å². The Kier molecular flexibility index (Phi) is 2.96. The van der Waals surface area contributed by atoms with Crippen LogP contribution in [0.5, 0.6) is 0 Å². The van der Waals surface area contributed by atoms with Gasteiger partial charge in [-0.3, -0.25) is 0 Å². The zero-order chi connectivity index (χ0) is 10.7. The molecule has 0 radical (unpaired) electrons. The van der Waals surface area contributed by atoms with Gasteiger partial charge in [0, 0.05) is 6.08 Å². The summed E-state index contributed by atoms with van der Waals surface area (Å²) in [5, 5.41) is 8.33. The molecular formula is C10H8F2O2. The normalized spacial score (nSPS) is 10.8. The Balaban J connectivity index is 3.10. The van der Waals surface area contributed by atoms with Gasteiger partial charge >= 0.3 is 5.97 Å². The summed E-state index contributed by atoms with van der Waals surface area (Å²) < 4.78 is 25.4. The molecule has 0 atom stereocenters. The highest BCUT2D eigenvalue weighted by molar-refractivity contribution is 5.85. The molecular weight excluding hydrogens is 190 g/mol. The first-order valence-corrected chi connectivity index (χ1v) is 3.87. The molecule has 74 valence electrons. The minimum atomic E-state index is -1.13. The summed E-state index contributed by atoms with van der Waals surface area (Å²) in [4.78, 5) is 10.2. The van der Waals surface area contributed by atoms with Crippen molar-refractivity contribution in [3.05, 3.63) is 41.0 Å². The highest BCUT2D eigenvalue weighted by atomic mass is 19.2. The second-order valence-electron chi connectivity index (χ2n) is 2.79. The number of carboxylic acid groups (broad SMARTS) is 1. The fraction of sp³-hybridized carbons (Fsp3) is 0.100. The van der Waals surface area contributed by atoms with Crippen LogP contribution in [0.15, 0.2) is 18.2 Å². The van der Waals surface area contributed by atoms with E-state index in [2.05, 4.69) is 0 Å². The predicted octanol–water partition coefficient (Wildman–Crippen LogP) is 2.37. The van der Waals surface area contributed by atoms with E-state index in [1.807, 2.05) is 0 Å². The van der Waals surface area contributed by atoms with Gasteiger partial charge in [-0.2, -0.15) is 0 Å². The van der Waals surface area contributed by atoms with Crippen molar-refractivity contribution in [3.8, 4) is 0 Å². The molecule has 1 rings (SSSR count). The van der Waals surface area contributed by atoms with Gasteiger partial charge in [-0.1, -0.05) is 0 Å². The number of hydrogen-bond donors (Lipinski definition) is 1. The maximum absolute atomic E-state index is 12.7. The average Bonchev–Trinajstić information content (AvgIpc) is 2.09. The Morgan fingerprint density at radius 3 is 2.50 bits per heavy atom. The summed E-state index contributed by atoms with van der Waals surface area (Å²) in [5.41, 5.74) is 0.840. The minimum Gasteiger partial charge on any atom is -0.478 e. The van der Waals surface area contributed by atoms with Crippen LogP contribution in [-0.4, -0.2) is 11.1 Å². The smallest absolute Gasteiger partial charge is 0.328 e. The molecule has 1 aromatic carbocycles. The van der Waals surface area contributed by atoms with E-state index >= 15 is 0 Å². The van der Waals surface area contributed by atoms with Crippen LogP contribution >= 0.6 is 0 Å². The molecule has 0 heterocycles. The molecule has 1 N–H and O–H groups in total. The largest absolute Gasteiger partial charge is 0.478 e. The molecule has 0 aliphatic rings. The second-order valence-corrected chi connectivity index (χ2v) is 2.79. The van der Waals surface area contributed by atoms with E-state index < -0.39 is 17.6 Å². The van der Waals surface area contributed by atoms with Crippen molar-refractivity contribution in [2.24, 2.45) is 0 Å². The van der Waals surface area contributed by atoms with E-state index in [1.165, 1.54) is 6.08 Å². The fourth-order valence-corrected chi connectivity index (χ4v) is 1.00. The van der Waals surface area contributed by atoms with E-state index in [0.717, 1.165) is 18.2 Å². The van der Waals surface area contributed by atoms with Gasteiger partial charge in [0.2, 0.25) is 0 Å². The van der Waals surface area contributed by atoms with E-state index in [-0.39, 0.29) is 0 Å². The van der Waals surface area contributed by atoms with E-state index in [1.54, 1.807) is 6.92 Å². The number of aliphatic carboxylic acids is 1. The van der Waals surface area contributed by atoms with Crippen molar-refractivity contribution in [2.45, 2.75) is 6.92 Å². The summed E-state index contributed by atoms with van der Waals surface area (Å²) in [6, 6.07) is 1.99. The van der Waals surface area contributed by atoms with Gasteiger partial charge in [0.25, 0.3) is 0 Å². The Bertz CT molecular complexity index is 397. The van der Waals surface area contributed by atoms with Crippen LogP contribution in [0.25, 0.3) is 6.08 Å². The standard InChI is InChI=1S/C10H8F2O2/c1-6-4-8(11)9(12)5-7(6)2-3-10(13)14/h2-5H,1H3,(H,13,14)/b3-2+. The van der Waals surface area contributed by atoms with Gasteiger partial charge < -0.3 is 5.11 Å². The Hall–Kier alpha value is -1.71. The summed E-state index contributed by atoms with van der Waals surface area (Å²) in [7, 11) is 0. The molecule has 14 heavy (non-hydrogen) atoms. The molecule has 4 heteroatoms. The highest BCUT2D eigenvalue weighted by Gasteiger charge is 2.04. The minimum absolute atomic E-state index is 0.353. The van der Waals surface area contributed by atoms with Gasteiger partial charge in [0.05, 0.1) is 0 Å². The summed E-state index contributed by atoms with van der Waals surface area (Å²) >= 11 is 0. The Labute approximate surface area is 79.5 Å². The zero-order valence-electron chi connectivity index (χ0n) is 7.42. The monoisotopic (exact) mass is 198 g/mol. The quantitative estimate of drug-likeness (QED) is 0.740. The van der Waals surface area contributed by atoms with Gasteiger partial charge in [0.1, 0.15) is 0 Å². The first-order chi connectivity index (χ1) is 6.50. The third-order valence-corrected chi connectivity index (χ3v) is 1.71. The maximum atomic E-state index is 12.7. The molecule has 0 saturated heterocycles. The third-order valence-electron chi connectivity index (χ3n) is 1.71. The number of hydrogen-bond acceptors (Lipinski definition) is 1. The fourth-order valence-electron chi connectivity index (χ4n) is 1.00. The summed E-state index contributed by atoms with van der Waals surface area (Å²) in [6.07, 6.45) is 2.10. The van der Waals surface area contributed by atoms with Crippen molar-refractivity contribution in [2.75, 3.05) is 0 Å². The van der Waals surface area contributed by atoms with Crippen molar-refractivity contribution >= 4 is 12.0 Å². The molecule has 0 bridgehead atoms. The zero-order valence-corrected chi connectivity index (χ0v) is 7.42. The van der Waals surface area contributed by atoms with Gasteiger partial charge in [0.15, 0.2) is 11.6 Å². The van der Waals surface area contributed by atoms with Crippen LogP contribution in [0, 0.1) is 18.6 Å². The number of aryl methyl sites for hydroxylation is 1. The average molecular weight is 198 g/mol. The SMILES string of the molecule is Cc1cc(F)c(F)cc1/C=C/C(=O)O. The van der Waals surface area contributed by atoms with Crippen molar-refractivity contribution in [1.82, 2.24) is 0 Å². The summed E-state index contributed by atoms with van der Waals surface area (Å²) in [6.45, 7) is 1.57. The summed E-state index contributed by atoms with van der Waals surface area (Å²) in [5.74, 6) is -3.05. The Morgan fingerprint density at radius 1 is 1.36 bits per heavy atom. The van der Waals surface area contributed by atoms with Crippen LogP contribution in [0.4, 0.5) is 8.78 Å². The highest BCUT2D eigenvalue weighted by Crippen LogP contribution is 2.15. The molecule has 1 aromatic rings. The van der Waals surface area contributed by atoms with Crippen LogP contribution < -0.4 is 0 Å². The molecule has 0 aliphatic carbocycles. The van der Waals surface area contributed by atoms with Gasteiger partial charge in [-0.25, -0.2) is 13.6 Å². The molecule has 0 spiro atoms. The lowest BCUT2D eigenvalue weighted by Crippen LogP contribution is -1.91. The molecule has 0 fully saturated rings. The number of carbonyl (C=O) groups is 1. The number of benzene rings is 1. The van der Waals surface area contributed by atoms with Crippen LogP contribution in [0.1, 0.15) is 11.1 Å². The van der Waals surface area contributed by atoms with Gasteiger partial charge in [-0.15, -0.1) is 0 Å². The number of halogens is 2. The topological polar surface area (TPSA) is 37.3 Å². The van der Waals surface area contributed by atoms with Crippen LogP contribution in [0.2, 0.25) is 0 Å². The maximum Gasteiger partial charge on any atom is 0.328 e. The molecule has 0 aromatic heterocycles. The number of rotatable bonds is 2. The van der Waals surface area contributed by atoms with E-state index in [4.69, 9.17) is 5.11 Å². The van der Waals surface area contributed by atoms with E-state index in [9.17, 15) is 13.6 Å². The molecule has 0 saturated carbocycles. The lowest BCUT2D eigenvalue weighted by molar-refractivity contribution is -0.131. The van der Waals surface area contributed by atoms with Crippen LogP contribution in [0.3, 0.4) is 0 Å². The van der Waals surface area contributed by atoms with Crippen molar-refractivity contribution in [3.63, 3.8) is 0 Å². The first-order valence-electron chi connectivity index (χ1n) is 3.87. The van der Waals surface area contributed by atoms with Crippen molar-refractivity contribution in [1.29, 1.82) is 0 Å². The molecule has 2 nitrogen and oxygen atoms in total. The molecule has 0 aliphatic heterocycles. The lowest BCUT2D eigenvalue weighted by Gasteiger charge is -2.00. The molecule has 0 unspecified atom stereocenters. The van der Waals surface area contributed by atoms with Gasteiger partial charge in [-0.05, 0) is 36.3 Å². The third kappa shape index (κ3) is 2.39. The molecule has 0 amide bonds.